The van der Waals surface area contributed by atoms with E-state index in [1.807, 2.05) is 32.0 Å². The lowest BCUT2D eigenvalue weighted by atomic mass is 9.97. The van der Waals surface area contributed by atoms with Gasteiger partial charge in [0.25, 0.3) is 0 Å². The lowest BCUT2D eigenvalue weighted by Gasteiger charge is -2.30. The minimum absolute atomic E-state index is 0.00418. The number of aryl methyl sites for hydroxylation is 2. The second-order valence-corrected chi connectivity index (χ2v) is 10.8. The van der Waals surface area contributed by atoms with E-state index in [2.05, 4.69) is 22.3 Å². The van der Waals surface area contributed by atoms with Gasteiger partial charge in [-0.2, -0.15) is 4.31 Å². The quantitative estimate of drug-likeness (QED) is 0.701. The molecule has 7 nitrogen and oxygen atoms in total. The number of benzene rings is 2. The van der Waals surface area contributed by atoms with E-state index in [9.17, 15) is 13.2 Å². The highest BCUT2D eigenvalue weighted by Gasteiger charge is 2.32. The Balaban J connectivity index is 1.27. The number of rotatable bonds is 6. The van der Waals surface area contributed by atoms with E-state index >= 15 is 0 Å². The Morgan fingerprint density at radius 2 is 1.64 bits per heavy atom. The summed E-state index contributed by atoms with van der Waals surface area (Å²) in [5.74, 6) is -0.167. The van der Waals surface area contributed by atoms with Crippen LogP contribution in [0.3, 0.4) is 0 Å². The molecule has 0 saturated carbocycles. The van der Waals surface area contributed by atoms with Crippen LogP contribution in [0.15, 0.2) is 47.4 Å². The van der Waals surface area contributed by atoms with Crippen molar-refractivity contribution >= 4 is 21.6 Å². The van der Waals surface area contributed by atoms with Crippen LogP contribution in [0.4, 0.5) is 5.69 Å². The highest BCUT2D eigenvalue weighted by molar-refractivity contribution is 7.89. The van der Waals surface area contributed by atoms with Crippen LogP contribution in [0.1, 0.15) is 29.5 Å². The smallest absolute Gasteiger partial charge is 0.243 e. The van der Waals surface area contributed by atoms with Gasteiger partial charge in [-0.3, -0.25) is 4.79 Å². The third kappa shape index (κ3) is 5.57. The van der Waals surface area contributed by atoms with Crippen molar-refractivity contribution in [3.05, 3.63) is 59.2 Å². The summed E-state index contributed by atoms with van der Waals surface area (Å²) >= 11 is 0. The normalized spacial score (nSPS) is 18.3. The standard InChI is InChI=1S/C25H33N3O4S/c1-19-3-8-24(17-20(19)2)33(30,31)28-11-9-22(10-12-28)25(29)26-18-21-4-6-23(7-5-21)27-13-15-32-16-14-27/h3-8,17,22H,9-16,18H2,1-2H3,(H,26,29). The molecule has 4 rings (SSSR count). The summed E-state index contributed by atoms with van der Waals surface area (Å²) in [7, 11) is -3.53. The molecule has 2 aliphatic heterocycles. The number of hydrogen-bond donors (Lipinski definition) is 1. The van der Waals surface area contributed by atoms with Crippen LogP contribution in [-0.2, 0) is 26.1 Å². The zero-order valence-corrected chi connectivity index (χ0v) is 20.2. The topological polar surface area (TPSA) is 79.0 Å². The molecule has 0 atom stereocenters. The number of amides is 1. The average Bonchev–Trinajstić information content (AvgIpc) is 2.85. The van der Waals surface area contributed by atoms with E-state index in [4.69, 9.17) is 4.74 Å². The summed E-state index contributed by atoms with van der Waals surface area (Å²) in [5, 5.41) is 3.03. The number of carbonyl (C=O) groups excluding carboxylic acids is 1. The van der Waals surface area contributed by atoms with E-state index in [1.165, 1.54) is 9.99 Å². The maximum atomic E-state index is 13.0. The van der Waals surface area contributed by atoms with Crippen LogP contribution < -0.4 is 10.2 Å². The third-order valence-electron chi connectivity index (χ3n) is 6.72. The van der Waals surface area contributed by atoms with Crippen molar-refractivity contribution < 1.29 is 17.9 Å². The molecule has 0 aliphatic carbocycles. The lowest BCUT2D eigenvalue weighted by Crippen LogP contribution is -2.42. The molecule has 0 aromatic heterocycles. The Morgan fingerprint density at radius 1 is 0.970 bits per heavy atom. The maximum absolute atomic E-state index is 13.0. The fourth-order valence-corrected chi connectivity index (χ4v) is 5.92. The van der Waals surface area contributed by atoms with Crippen LogP contribution in [0.25, 0.3) is 0 Å². The Hall–Kier alpha value is -2.42. The molecule has 2 heterocycles. The summed E-state index contributed by atoms with van der Waals surface area (Å²) in [5.41, 5.74) is 4.25. The van der Waals surface area contributed by atoms with Crippen molar-refractivity contribution in [3.63, 3.8) is 0 Å². The molecular weight excluding hydrogens is 438 g/mol. The minimum Gasteiger partial charge on any atom is -0.378 e. The van der Waals surface area contributed by atoms with Gasteiger partial charge in [0, 0.05) is 44.3 Å². The molecule has 2 aromatic carbocycles. The fraction of sp³-hybridized carbons (Fsp3) is 0.480. The van der Waals surface area contributed by atoms with Crippen molar-refractivity contribution in [1.82, 2.24) is 9.62 Å². The summed E-state index contributed by atoms with van der Waals surface area (Å²) in [6.07, 6.45) is 1.07. The average molecular weight is 472 g/mol. The summed E-state index contributed by atoms with van der Waals surface area (Å²) in [4.78, 5) is 15.3. The molecule has 0 unspecified atom stereocenters. The number of nitrogens with one attached hydrogen (secondary N) is 1. The van der Waals surface area contributed by atoms with Crippen LogP contribution in [-0.4, -0.2) is 58.0 Å². The van der Waals surface area contributed by atoms with Gasteiger partial charge in [0.05, 0.1) is 18.1 Å². The van der Waals surface area contributed by atoms with Gasteiger partial charge in [0.2, 0.25) is 15.9 Å². The van der Waals surface area contributed by atoms with Gasteiger partial charge in [0.15, 0.2) is 0 Å². The third-order valence-corrected chi connectivity index (χ3v) is 8.61. The van der Waals surface area contributed by atoms with Gasteiger partial charge in [-0.25, -0.2) is 8.42 Å². The highest BCUT2D eigenvalue weighted by atomic mass is 32.2. The largest absolute Gasteiger partial charge is 0.378 e. The number of morpholine rings is 1. The molecule has 0 radical (unpaired) electrons. The van der Waals surface area contributed by atoms with E-state index in [-0.39, 0.29) is 11.8 Å². The highest BCUT2D eigenvalue weighted by Crippen LogP contribution is 2.25. The second kappa shape index (κ2) is 10.2. The van der Waals surface area contributed by atoms with Crippen LogP contribution >= 0.6 is 0 Å². The van der Waals surface area contributed by atoms with Crippen LogP contribution in [0.5, 0.6) is 0 Å². The molecule has 178 valence electrons. The molecular formula is C25H33N3O4S. The monoisotopic (exact) mass is 471 g/mol. The molecule has 2 saturated heterocycles. The van der Waals surface area contributed by atoms with Crippen molar-refractivity contribution in [2.45, 2.75) is 38.1 Å². The van der Waals surface area contributed by atoms with Crippen molar-refractivity contribution in [1.29, 1.82) is 0 Å². The fourth-order valence-electron chi connectivity index (χ4n) is 4.36. The first-order valence-corrected chi connectivity index (χ1v) is 13.1. The van der Waals surface area contributed by atoms with Crippen molar-refractivity contribution in [3.8, 4) is 0 Å². The predicted octanol–water partition coefficient (Wildman–Crippen LogP) is 2.86. The maximum Gasteiger partial charge on any atom is 0.243 e. The molecule has 1 amide bonds. The predicted molar refractivity (Wildman–Crippen MR) is 129 cm³/mol. The molecule has 0 bridgehead atoms. The number of carbonyl (C=O) groups is 1. The zero-order chi connectivity index (χ0) is 23.4. The Morgan fingerprint density at radius 3 is 2.27 bits per heavy atom. The first-order valence-electron chi connectivity index (χ1n) is 11.6. The van der Waals surface area contributed by atoms with Gasteiger partial charge >= 0.3 is 0 Å². The van der Waals surface area contributed by atoms with Gasteiger partial charge in [-0.15, -0.1) is 0 Å². The molecule has 2 aromatic rings. The van der Waals surface area contributed by atoms with E-state index < -0.39 is 10.0 Å². The SMILES string of the molecule is Cc1ccc(S(=O)(=O)N2CCC(C(=O)NCc3ccc(N4CCOCC4)cc3)CC2)cc1C. The van der Waals surface area contributed by atoms with Crippen molar-refractivity contribution in [2.75, 3.05) is 44.3 Å². The lowest BCUT2D eigenvalue weighted by molar-refractivity contribution is -0.126. The summed E-state index contributed by atoms with van der Waals surface area (Å²) in [6, 6.07) is 13.5. The molecule has 8 heteroatoms. The number of nitrogens with zero attached hydrogens (tertiary/aromatic N) is 2. The van der Waals surface area contributed by atoms with Gasteiger partial charge in [-0.1, -0.05) is 18.2 Å². The zero-order valence-electron chi connectivity index (χ0n) is 19.4. The Kier molecular flexibility index (Phi) is 7.36. The number of sulfonamides is 1. The first kappa shape index (κ1) is 23.7. The van der Waals surface area contributed by atoms with Crippen molar-refractivity contribution in [2.24, 2.45) is 5.92 Å². The minimum atomic E-state index is -3.53. The molecule has 2 fully saturated rings. The number of ether oxygens (including phenoxy) is 1. The van der Waals surface area contributed by atoms with Crippen LogP contribution in [0.2, 0.25) is 0 Å². The molecule has 1 N–H and O–H groups in total. The number of piperidine rings is 1. The Bertz CT molecular complexity index is 1070. The summed E-state index contributed by atoms with van der Waals surface area (Å²) in [6.45, 7) is 8.38. The van der Waals surface area contributed by atoms with Crippen LogP contribution in [0, 0.1) is 19.8 Å². The van der Waals surface area contributed by atoms with E-state index in [1.54, 1.807) is 12.1 Å². The second-order valence-electron chi connectivity index (χ2n) is 8.91. The van der Waals surface area contributed by atoms with Gasteiger partial charge in [0.1, 0.15) is 0 Å². The van der Waals surface area contributed by atoms with E-state index in [0.717, 1.165) is 43.0 Å². The molecule has 33 heavy (non-hydrogen) atoms. The molecule has 0 spiro atoms. The summed E-state index contributed by atoms with van der Waals surface area (Å²) < 4.78 is 32.9. The Labute approximate surface area is 196 Å². The number of hydrogen-bond acceptors (Lipinski definition) is 5. The van der Waals surface area contributed by atoms with E-state index in [0.29, 0.717) is 37.4 Å². The first-order chi connectivity index (χ1) is 15.8. The van der Waals surface area contributed by atoms with Gasteiger partial charge < -0.3 is 15.0 Å². The molecule has 2 aliphatic rings. The van der Waals surface area contributed by atoms with Gasteiger partial charge in [-0.05, 0) is 67.6 Å². The number of anilines is 1.